The second-order valence-corrected chi connectivity index (χ2v) is 10.3. The molecule has 0 spiro atoms. The molecule has 3 rings (SSSR count). The zero-order valence-corrected chi connectivity index (χ0v) is 20.5. The normalized spacial score (nSPS) is 11.2. The topological polar surface area (TPSA) is 122 Å². The summed E-state index contributed by atoms with van der Waals surface area (Å²) in [5.74, 6) is 1.36. The molecule has 33 heavy (non-hydrogen) atoms. The predicted molar refractivity (Wildman–Crippen MR) is 133 cm³/mol. The number of benzene rings is 2. The first kappa shape index (κ1) is 25.0. The Balaban J connectivity index is 1.84. The van der Waals surface area contributed by atoms with Crippen molar-refractivity contribution in [1.82, 2.24) is 9.97 Å². The van der Waals surface area contributed by atoms with Crippen LogP contribution in [0.2, 0.25) is 5.02 Å². The van der Waals surface area contributed by atoms with Gasteiger partial charge in [0.1, 0.15) is 17.5 Å². The molecule has 0 radical (unpaired) electrons. The Hall–Kier alpha value is -2.64. The van der Waals surface area contributed by atoms with Crippen molar-refractivity contribution in [3.8, 4) is 17.3 Å². The van der Waals surface area contributed by atoms with Crippen LogP contribution in [0.3, 0.4) is 0 Å². The molecule has 1 aromatic heterocycles. The first-order valence-corrected chi connectivity index (χ1v) is 13.3. The third-order valence-electron chi connectivity index (χ3n) is 4.81. The largest absolute Gasteiger partial charge is 0.368 e. The van der Waals surface area contributed by atoms with E-state index >= 15 is 0 Å². The van der Waals surface area contributed by atoms with Gasteiger partial charge in [-0.25, -0.2) is 23.5 Å². The van der Waals surface area contributed by atoms with Crippen LogP contribution < -0.4 is 10.5 Å². The summed E-state index contributed by atoms with van der Waals surface area (Å²) in [6.45, 7) is 2.63. The summed E-state index contributed by atoms with van der Waals surface area (Å²) in [6.07, 6.45) is 2.72. The number of rotatable bonds is 10. The number of anilines is 1. The van der Waals surface area contributed by atoms with Crippen molar-refractivity contribution in [2.45, 2.75) is 36.2 Å². The zero-order valence-electron chi connectivity index (χ0n) is 18.1. The molecule has 0 atom stereocenters. The molecule has 0 aliphatic carbocycles. The maximum atomic E-state index is 11.4. The van der Waals surface area contributed by atoms with E-state index in [1.165, 1.54) is 12.1 Å². The molecular weight excluding hydrogens is 478 g/mol. The molecular formula is C23H24ClN5O2S2. The predicted octanol–water partition coefficient (Wildman–Crippen LogP) is 4.86. The van der Waals surface area contributed by atoms with E-state index in [0.717, 1.165) is 29.7 Å². The number of halogens is 1. The molecule has 172 valence electrons. The van der Waals surface area contributed by atoms with Gasteiger partial charge in [-0.1, -0.05) is 61.0 Å². The van der Waals surface area contributed by atoms with Gasteiger partial charge in [0, 0.05) is 22.9 Å². The SMILES string of the molecule is CCCCSc1nc(NCCc2ccc(S(N)(=O)=O)cc2)c(C#N)c(-c2ccc(Cl)cc2)n1. The fourth-order valence-corrected chi connectivity index (χ4v) is 4.60. The van der Waals surface area contributed by atoms with Crippen LogP contribution in [0.25, 0.3) is 11.3 Å². The summed E-state index contributed by atoms with van der Waals surface area (Å²) in [5.41, 5.74) is 2.64. The number of unbranched alkanes of at least 4 members (excludes halogenated alkanes) is 1. The van der Waals surface area contributed by atoms with E-state index < -0.39 is 10.0 Å². The van der Waals surface area contributed by atoms with E-state index in [1.807, 2.05) is 12.1 Å². The van der Waals surface area contributed by atoms with Gasteiger partial charge < -0.3 is 5.32 Å². The van der Waals surface area contributed by atoms with E-state index in [0.29, 0.717) is 40.2 Å². The lowest BCUT2D eigenvalue weighted by Gasteiger charge is -2.13. The smallest absolute Gasteiger partial charge is 0.238 e. The molecule has 0 unspecified atom stereocenters. The van der Waals surface area contributed by atoms with Crippen molar-refractivity contribution in [2.24, 2.45) is 5.14 Å². The highest BCUT2D eigenvalue weighted by Gasteiger charge is 2.16. The van der Waals surface area contributed by atoms with Gasteiger partial charge in [-0.3, -0.25) is 0 Å². The number of sulfonamides is 1. The molecule has 7 nitrogen and oxygen atoms in total. The second-order valence-electron chi connectivity index (χ2n) is 7.26. The Morgan fingerprint density at radius 2 is 1.82 bits per heavy atom. The van der Waals surface area contributed by atoms with Crippen LogP contribution in [0.15, 0.2) is 58.6 Å². The van der Waals surface area contributed by atoms with E-state index in [2.05, 4.69) is 28.3 Å². The fraction of sp³-hybridized carbons (Fsp3) is 0.261. The van der Waals surface area contributed by atoms with Gasteiger partial charge in [0.2, 0.25) is 10.0 Å². The molecule has 0 aliphatic heterocycles. The Labute approximate surface area is 203 Å². The van der Waals surface area contributed by atoms with Gasteiger partial charge in [0.25, 0.3) is 0 Å². The average Bonchev–Trinajstić information content (AvgIpc) is 2.79. The van der Waals surface area contributed by atoms with E-state index in [-0.39, 0.29) is 4.90 Å². The first-order chi connectivity index (χ1) is 15.8. The zero-order chi connectivity index (χ0) is 23.8. The van der Waals surface area contributed by atoms with Gasteiger partial charge in [-0.15, -0.1) is 0 Å². The third kappa shape index (κ3) is 6.92. The maximum absolute atomic E-state index is 11.4. The monoisotopic (exact) mass is 501 g/mol. The van der Waals surface area contributed by atoms with Crippen LogP contribution in [0, 0.1) is 11.3 Å². The highest BCUT2D eigenvalue weighted by molar-refractivity contribution is 7.99. The van der Waals surface area contributed by atoms with Crippen molar-refractivity contribution in [2.75, 3.05) is 17.6 Å². The quantitative estimate of drug-likeness (QED) is 0.231. The molecule has 0 saturated heterocycles. The Morgan fingerprint density at radius 1 is 1.12 bits per heavy atom. The van der Waals surface area contributed by atoms with Gasteiger partial charge in [0.15, 0.2) is 5.16 Å². The first-order valence-electron chi connectivity index (χ1n) is 10.4. The number of aromatic nitrogens is 2. The number of nitrogens with two attached hydrogens (primary N) is 1. The fourth-order valence-electron chi connectivity index (χ4n) is 3.03. The van der Waals surface area contributed by atoms with E-state index in [9.17, 15) is 13.7 Å². The van der Waals surface area contributed by atoms with Crippen molar-refractivity contribution in [3.63, 3.8) is 0 Å². The molecule has 0 saturated carbocycles. The minimum absolute atomic E-state index is 0.0723. The molecule has 3 N–H and O–H groups in total. The second kappa shape index (κ2) is 11.5. The molecule has 3 aromatic rings. The van der Waals surface area contributed by atoms with Crippen LogP contribution in [-0.2, 0) is 16.4 Å². The average molecular weight is 502 g/mol. The van der Waals surface area contributed by atoms with Crippen LogP contribution >= 0.6 is 23.4 Å². The molecule has 2 aromatic carbocycles. The highest BCUT2D eigenvalue weighted by atomic mass is 35.5. The van der Waals surface area contributed by atoms with E-state index in [4.69, 9.17) is 16.7 Å². The number of hydrogen-bond donors (Lipinski definition) is 2. The molecule has 0 amide bonds. The molecule has 1 heterocycles. The number of nitrogens with one attached hydrogen (secondary N) is 1. The van der Waals surface area contributed by atoms with Gasteiger partial charge in [-0.05, 0) is 42.7 Å². The molecule has 0 fully saturated rings. The standard InChI is InChI=1S/C23H24ClN5O2S2/c1-2-3-14-32-23-28-21(17-6-8-18(24)9-7-17)20(15-25)22(29-23)27-13-12-16-4-10-19(11-5-16)33(26,30)31/h4-11H,2-3,12-14H2,1H3,(H2,26,30,31)(H,27,28,29). The maximum Gasteiger partial charge on any atom is 0.238 e. The van der Waals surface area contributed by atoms with Gasteiger partial charge >= 0.3 is 0 Å². The number of hydrogen-bond acceptors (Lipinski definition) is 7. The Morgan fingerprint density at radius 3 is 2.42 bits per heavy atom. The van der Waals surface area contributed by atoms with Gasteiger partial charge in [-0.2, -0.15) is 5.26 Å². The van der Waals surface area contributed by atoms with Crippen LogP contribution in [0.1, 0.15) is 30.9 Å². The molecule has 0 aliphatic rings. The number of nitrogens with zero attached hydrogens (tertiary/aromatic N) is 3. The van der Waals surface area contributed by atoms with E-state index in [1.54, 1.807) is 36.0 Å². The van der Waals surface area contributed by atoms with Crippen molar-refractivity contribution < 1.29 is 8.42 Å². The number of nitriles is 1. The summed E-state index contributed by atoms with van der Waals surface area (Å²) >= 11 is 7.58. The lowest BCUT2D eigenvalue weighted by molar-refractivity contribution is 0.598. The summed E-state index contributed by atoms with van der Waals surface area (Å²) in [5, 5.41) is 19.5. The Bertz CT molecular complexity index is 1240. The summed E-state index contributed by atoms with van der Waals surface area (Å²) in [7, 11) is -3.72. The number of thioether (sulfide) groups is 1. The lowest BCUT2D eigenvalue weighted by atomic mass is 10.1. The minimum atomic E-state index is -3.72. The summed E-state index contributed by atoms with van der Waals surface area (Å²) in [4.78, 5) is 9.32. The van der Waals surface area contributed by atoms with Crippen LogP contribution in [0.5, 0.6) is 0 Å². The van der Waals surface area contributed by atoms with Crippen LogP contribution in [-0.4, -0.2) is 30.7 Å². The molecule has 10 heteroatoms. The molecule has 0 bridgehead atoms. The van der Waals surface area contributed by atoms with Crippen LogP contribution in [0.4, 0.5) is 5.82 Å². The third-order valence-corrected chi connectivity index (χ3v) is 6.92. The van der Waals surface area contributed by atoms with Gasteiger partial charge in [0.05, 0.1) is 10.6 Å². The summed E-state index contributed by atoms with van der Waals surface area (Å²) in [6, 6.07) is 15.8. The highest BCUT2D eigenvalue weighted by Crippen LogP contribution is 2.30. The minimum Gasteiger partial charge on any atom is -0.368 e. The lowest BCUT2D eigenvalue weighted by Crippen LogP contribution is -2.12. The summed E-state index contributed by atoms with van der Waals surface area (Å²) < 4.78 is 22.8. The van der Waals surface area contributed by atoms with Crippen molar-refractivity contribution in [3.05, 3.63) is 64.7 Å². The van der Waals surface area contributed by atoms with Crippen molar-refractivity contribution in [1.29, 1.82) is 5.26 Å². The Kier molecular flexibility index (Phi) is 8.69. The number of primary sulfonamides is 1. The van der Waals surface area contributed by atoms with Crippen molar-refractivity contribution >= 4 is 39.2 Å².